The minimum Gasteiger partial charge on any atom is -0.490 e. The molecule has 0 saturated carbocycles. The number of hydrogen-bond acceptors (Lipinski definition) is 6. The van der Waals surface area contributed by atoms with E-state index in [0.717, 1.165) is 17.7 Å². The van der Waals surface area contributed by atoms with Crippen molar-refractivity contribution in [1.29, 1.82) is 0 Å². The van der Waals surface area contributed by atoms with E-state index in [4.69, 9.17) is 14.2 Å². The standard InChI is InChI=1S/C26H33NO6S/c1-3-15-27(22-14-18-34(29,30)20-22)26(28)13-11-21-10-12-24(25(19-21)31-4-2)33-17-16-32-23-8-6-5-7-9-23/h5-13,19,22H,3-4,14-18,20H2,1-2H3/b13-11+. The first-order valence-corrected chi connectivity index (χ1v) is 13.5. The summed E-state index contributed by atoms with van der Waals surface area (Å²) in [5.41, 5.74) is 0.792. The van der Waals surface area contributed by atoms with Gasteiger partial charge in [-0.2, -0.15) is 0 Å². The fourth-order valence-corrected chi connectivity index (χ4v) is 5.57. The van der Waals surface area contributed by atoms with E-state index in [-0.39, 0.29) is 23.5 Å². The van der Waals surface area contributed by atoms with Crippen molar-refractivity contribution in [1.82, 2.24) is 4.90 Å². The van der Waals surface area contributed by atoms with Gasteiger partial charge in [-0.15, -0.1) is 0 Å². The van der Waals surface area contributed by atoms with Gasteiger partial charge in [-0.3, -0.25) is 4.79 Å². The molecule has 1 heterocycles. The summed E-state index contributed by atoms with van der Waals surface area (Å²) in [5, 5.41) is 0. The van der Waals surface area contributed by atoms with Crippen LogP contribution in [0.1, 0.15) is 32.3 Å². The Bertz CT molecular complexity index is 1070. The van der Waals surface area contributed by atoms with Crippen LogP contribution in [0.3, 0.4) is 0 Å². The van der Waals surface area contributed by atoms with Crippen LogP contribution in [0.5, 0.6) is 17.2 Å². The third-order valence-electron chi connectivity index (χ3n) is 5.44. The van der Waals surface area contributed by atoms with Gasteiger partial charge in [-0.05, 0) is 55.7 Å². The summed E-state index contributed by atoms with van der Waals surface area (Å²) < 4.78 is 40.9. The summed E-state index contributed by atoms with van der Waals surface area (Å²) in [6.45, 7) is 5.64. The predicted octanol–water partition coefficient (Wildman–Crippen LogP) is 3.98. The Kier molecular flexibility index (Phi) is 9.39. The molecule has 1 atom stereocenters. The highest BCUT2D eigenvalue weighted by atomic mass is 32.2. The molecule has 0 aliphatic carbocycles. The normalized spacial score (nSPS) is 16.9. The monoisotopic (exact) mass is 487 g/mol. The first-order chi connectivity index (χ1) is 16.4. The van der Waals surface area contributed by atoms with Gasteiger partial charge in [0.15, 0.2) is 21.3 Å². The molecular formula is C26H33NO6S. The van der Waals surface area contributed by atoms with E-state index in [1.165, 1.54) is 6.08 Å². The van der Waals surface area contributed by atoms with E-state index in [0.29, 0.717) is 44.3 Å². The quantitative estimate of drug-likeness (QED) is 0.333. The molecule has 1 unspecified atom stereocenters. The van der Waals surface area contributed by atoms with Crippen molar-refractivity contribution >= 4 is 21.8 Å². The number of amides is 1. The zero-order chi connectivity index (χ0) is 24.4. The topological polar surface area (TPSA) is 82.1 Å². The Morgan fingerprint density at radius 2 is 1.79 bits per heavy atom. The van der Waals surface area contributed by atoms with Gasteiger partial charge in [0.1, 0.15) is 19.0 Å². The molecule has 2 aromatic carbocycles. The van der Waals surface area contributed by atoms with Crippen LogP contribution >= 0.6 is 0 Å². The number of benzene rings is 2. The number of carbonyl (C=O) groups excluding carboxylic acids is 1. The second-order valence-corrected chi connectivity index (χ2v) is 10.3. The molecule has 1 saturated heterocycles. The predicted molar refractivity (Wildman–Crippen MR) is 133 cm³/mol. The van der Waals surface area contributed by atoms with Crippen LogP contribution in [0.2, 0.25) is 0 Å². The first-order valence-electron chi connectivity index (χ1n) is 11.7. The fraction of sp³-hybridized carbons (Fsp3) is 0.423. The lowest BCUT2D eigenvalue weighted by Crippen LogP contribution is -2.40. The van der Waals surface area contributed by atoms with Crippen molar-refractivity contribution in [3.63, 3.8) is 0 Å². The van der Waals surface area contributed by atoms with Crippen molar-refractivity contribution in [3.8, 4) is 17.2 Å². The molecule has 0 radical (unpaired) electrons. The van der Waals surface area contributed by atoms with E-state index in [9.17, 15) is 13.2 Å². The van der Waals surface area contributed by atoms with Crippen molar-refractivity contribution in [3.05, 3.63) is 60.2 Å². The molecule has 1 aliphatic rings. The van der Waals surface area contributed by atoms with Crippen molar-refractivity contribution < 1.29 is 27.4 Å². The maximum Gasteiger partial charge on any atom is 0.246 e. The average molecular weight is 488 g/mol. The molecule has 1 fully saturated rings. The molecule has 34 heavy (non-hydrogen) atoms. The van der Waals surface area contributed by atoms with Crippen LogP contribution in [0, 0.1) is 0 Å². The lowest BCUT2D eigenvalue weighted by Gasteiger charge is -2.26. The lowest BCUT2D eigenvalue weighted by atomic mass is 10.1. The highest BCUT2D eigenvalue weighted by Crippen LogP contribution is 2.29. The molecule has 0 N–H and O–H groups in total. The second kappa shape index (κ2) is 12.5. The summed E-state index contributed by atoms with van der Waals surface area (Å²) in [4.78, 5) is 14.5. The van der Waals surface area contributed by atoms with Gasteiger partial charge >= 0.3 is 0 Å². The molecule has 1 amide bonds. The minimum atomic E-state index is -3.06. The highest BCUT2D eigenvalue weighted by molar-refractivity contribution is 7.91. The molecule has 0 bridgehead atoms. The van der Waals surface area contributed by atoms with E-state index in [1.807, 2.05) is 62.4 Å². The van der Waals surface area contributed by atoms with E-state index in [1.54, 1.807) is 11.0 Å². The molecule has 7 nitrogen and oxygen atoms in total. The Morgan fingerprint density at radius 3 is 2.47 bits per heavy atom. The number of ether oxygens (including phenoxy) is 3. The van der Waals surface area contributed by atoms with E-state index < -0.39 is 9.84 Å². The second-order valence-electron chi connectivity index (χ2n) is 8.07. The molecule has 2 aromatic rings. The number of nitrogens with zero attached hydrogens (tertiary/aromatic N) is 1. The van der Waals surface area contributed by atoms with Crippen molar-refractivity contribution in [2.24, 2.45) is 0 Å². The van der Waals surface area contributed by atoms with Crippen molar-refractivity contribution in [2.45, 2.75) is 32.7 Å². The molecule has 184 valence electrons. The van der Waals surface area contributed by atoms with Crippen LogP contribution in [0.15, 0.2) is 54.6 Å². The Hall–Kier alpha value is -3.00. The smallest absolute Gasteiger partial charge is 0.246 e. The van der Waals surface area contributed by atoms with Gasteiger partial charge in [0, 0.05) is 18.7 Å². The van der Waals surface area contributed by atoms with Crippen LogP contribution in [-0.4, -0.2) is 63.1 Å². The van der Waals surface area contributed by atoms with Gasteiger partial charge in [-0.25, -0.2) is 8.42 Å². The van der Waals surface area contributed by atoms with Crippen LogP contribution in [0.25, 0.3) is 6.08 Å². The third-order valence-corrected chi connectivity index (χ3v) is 7.19. The van der Waals surface area contributed by atoms with E-state index >= 15 is 0 Å². The summed E-state index contributed by atoms with van der Waals surface area (Å²) in [5.74, 6) is 1.98. The van der Waals surface area contributed by atoms with Gasteiger partial charge in [0.25, 0.3) is 0 Å². The first kappa shape index (κ1) is 25.6. The Balaban J connectivity index is 1.62. The number of sulfone groups is 1. The SMILES string of the molecule is CCCN(C(=O)/C=C/c1ccc(OCCOc2ccccc2)c(OCC)c1)C1CCS(=O)(=O)C1. The molecular weight excluding hydrogens is 454 g/mol. The number of para-hydroxylation sites is 1. The maximum absolute atomic E-state index is 12.8. The molecule has 3 rings (SSSR count). The number of carbonyl (C=O) groups is 1. The van der Waals surface area contributed by atoms with Gasteiger partial charge in [0.2, 0.25) is 5.91 Å². The fourth-order valence-electron chi connectivity index (χ4n) is 3.84. The van der Waals surface area contributed by atoms with E-state index in [2.05, 4.69) is 0 Å². The van der Waals surface area contributed by atoms with Gasteiger partial charge in [-0.1, -0.05) is 31.2 Å². The van der Waals surface area contributed by atoms with Gasteiger partial charge < -0.3 is 19.1 Å². The summed E-state index contributed by atoms with van der Waals surface area (Å²) in [7, 11) is -3.06. The Morgan fingerprint density at radius 1 is 1.03 bits per heavy atom. The minimum absolute atomic E-state index is 0.0427. The molecule has 1 aliphatic heterocycles. The van der Waals surface area contributed by atoms with Gasteiger partial charge in [0.05, 0.1) is 18.1 Å². The van der Waals surface area contributed by atoms with Crippen LogP contribution < -0.4 is 14.2 Å². The largest absolute Gasteiger partial charge is 0.490 e. The summed E-state index contributed by atoms with van der Waals surface area (Å²) in [6.07, 6.45) is 4.49. The third kappa shape index (κ3) is 7.52. The highest BCUT2D eigenvalue weighted by Gasteiger charge is 2.33. The zero-order valence-electron chi connectivity index (χ0n) is 19.8. The van der Waals surface area contributed by atoms with Crippen LogP contribution in [-0.2, 0) is 14.6 Å². The van der Waals surface area contributed by atoms with Crippen LogP contribution in [0.4, 0.5) is 0 Å². The van der Waals surface area contributed by atoms with Crippen molar-refractivity contribution in [2.75, 3.05) is 37.9 Å². The number of rotatable bonds is 12. The average Bonchev–Trinajstić information content (AvgIpc) is 3.19. The molecule has 8 heteroatoms. The Labute approximate surface area is 202 Å². The lowest BCUT2D eigenvalue weighted by molar-refractivity contribution is -0.127. The summed E-state index contributed by atoms with van der Waals surface area (Å²) >= 11 is 0. The number of hydrogen-bond donors (Lipinski definition) is 0. The molecule has 0 spiro atoms. The molecule has 0 aromatic heterocycles. The zero-order valence-corrected chi connectivity index (χ0v) is 20.6. The maximum atomic E-state index is 12.8. The summed E-state index contributed by atoms with van der Waals surface area (Å²) in [6, 6.07) is 14.8.